The molecule has 0 saturated heterocycles. The van der Waals surface area contributed by atoms with Crippen molar-refractivity contribution < 1.29 is 9.18 Å². The molecule has 136 valence electrons. The number of carbonyl (C=O) groups excluding carboxylic acids is 1. The van der Waals surface area contributed by atoms with Crippen LogP contribution in [0.2, 0.25) is 0 Å². The van der Waals surface area contributed by atoms with E-state index in [1.165, 1.54) is 17.7 Å². The van der Waals surface area contributed by atoms with Crippen LogP contribution in [-0.4, -0.2) is 23.5 Å². The van der Waals surface area contributed by atoms with E-state index in [2.05, 4.69) is 10.6 Å². The van der Waals surface area contributed by atoms with Crippen LogP contribution >= 0.6 is 0 Å². The SMILES string of the molecule is O=C(NCCc1ccccc1)C1NC(c2ccc(F)cc2)=C2C=CC=CN21. The average molecular weight is 361 g/mol. The third-order valence-electron chi connectivity index (χ3n) is 4.64. The van der Waals surface area contributed by atoms with Gasteiger partial charge in [-0.1, -0.05) is 36.4 Å². The van der Waals surface area contributed by atoms with Crippen LogP contribution in [0, 0.1) is 5.82 Å². The van der Waals surface area contributed by atoms with Gasteiger partial charge < -0.3 is 15.5 Å². The first-order valence-corrected chi connectivity index (χ1v) is 8.94. The Kier molecular flexibility index (Phi) is 4.75. The molecule has 2 N–H and O–H groups in total. The fourth-order valence-electron chi connectivity index (χ4n) is 3.28. The zero-order chi connectivity index (χ0) is 18.6. The Morgan fingerprint density at radius 2 is 1.85 bits per heavy atom. The first kappa shape index (κ1) is 17.1. The molecule has 0 radical (unpaired) electrons. The van der Waals surface area contributed by atoms with Crippen molar-refractivity contribution in [3.8, 4) is 0 Å². The van der Waals surface area contributed by atoms with Crippen molar-refractivity contribution >= 4 is 11.6 Å². The Bertz CT molecular complexity index is 916. The summed E-state index contributed by atoms with van der Waals surface area (Å²) in [4.78, 5) is 14.7. The Morgan fingerprint density at radius 3 is 2.63 bits per heavy atom. The summed E-state index contributed by atoms with van der Waals surface area (Å²) in [7, 11) is 0. The van der Waals surface area contributed by atoms with E-state index < -0.39 is 6.17 Å². The van der Waals surface area contributed by atoms with Gasteiger partial charge in [0.2, 0.25) is 0 Å². The molecule has 2 aliphatic rings. The molecule has 1 unspecified atom stereocenters. The number of nitrogens with one attached hydrogen (secondary N) is 2. The Balaban J connectivity index is 1.46. The highest BCUT2D eigenvalue weighted by Crippen LogP contribution is 2.30. The quantitative estimate of drug-likeness (QED) is 0.860. The van der Waals surface area contributed by atoms with Gasteiger partial charge in [-0.3, -0.25) is 4.79 Å². The summed E-state index contributed by atoms with van der Waals surface area (Å²) < 4.78 is 13.3. The molecule has 2 aromatic carbocycles. The maximum Gasteiger partial charge on any atom is 0.263 e. The molecular formula is C22H20FN3O. The number of hydrogen-bond acceptors (Lipinski definition) is 3. The summed E-state index contributed by atoms with van der Waals surface area (Å²) in [5, 5.41) is 6.29. The maximum absolute atomic E-state index is 13.3. The fraction of sp³-hybridized carbons (Fsp3) is 0.136. The molecule has 2 heterocycles. The van der Waals surface area contributed by atoms with Crippen LogP contribution in [0.25, 0.3) is 5.70 Å². The minimum atomic E-state index is -0.531. The number of allylic oxidation sites excluding steroid dienone is 3. The van der Waals surface area contributed by atoms with Gasteiger partial charge in [0, 0.05) is 12.7 Å². The van der Waals surface area contributed by atoms with E-state index in [0.717, 1.165) is 23.4 Å². The van der Waals surface area contributed by atoms with Gasteiger partial charge in [0.25, 0.3) is 5.91 Å². The topological polar surface area (TPSA) is 44.4 Å². The Morgan fingerprint density at radius 1 is 1.07 bits per heavy atom. The number of nitrogens with zero attached hydrogens (tertiary/aromatic N) is 1. The second-order valence-electron chi connectivity index (χ2n) is 6.45. The van der Waals surface area contributed by atoms with Crippen molar-refractivity contribution in [1.29, 1.82) is 0 Å². The van der Waals surface area contributed by atoms with E-state index in [0.29, 0.717) is 6.54 Å². The van der Waals surface area contributed by atoms with Gasteiger partial charge in [-0.2, -0.15) is 0 Å². The summed E-state index contributed by atoms with van der Waals surface area (Å²) in [6, 6.07) is 16.3. The third kappa shape index (κ3) is 3.62. The van der Waals surface area contributed by atoms with Gasteiger partial charge in [-0.15, -0.1) is 0 Å². The summed E-state index contributed by atoms with van der Waals surface area (Å²) in [6.45, 7) is 0.565. The number of carbonyl (C=O) groups is 1. The average Bonchev–Trinajstić information content (AvgIpc) is 3.09. The monoisotopic (exact) mass is 361 g/mol. The minimum Gasteiger partial charge on any atom is -0.355 e. The van der Waals surface area contributed by atoms with Crippen molar-refractivity contribution in [3.05, 3.63) is 102 Å². The molecule has 5 heteroatoms. The molecule has 4 rings (SSSR count). The normalized spacial score (nSPS) is 17.7. The van der Waals surface area contributed by atoms with Crippen LogP contribution < -0.4 is 10.6 Å². The van der Waals surface area contributed by atoms with Crippen LogP contribution in [0.15, 0.2) is 84.7 Å². The molecule has 4 nitrogen and oxygen atoms in total. The molecule has 2 aromatic rings. The highest BCUT2D eigenvalue weighted by Gasteiger charge is 2.34. The van der Waals surface area contributed by atoms with Gasteiger partial charge in [0.15, 0.2) is 6.17 Å². The zero-order valence-corrected chi connectivity index (χ0v) is 14.7. The molecule has 1 atom stereocenters. The fourth-order valence-corrected chi connectivity index (χ4v) is 3.28. The van der Waals surface area contributed by atoms with E-state index in [1.54, 1.807) is 12.1 Å². The summed E-state index contributed by atoms with van der Waals surface area (Å²) >= 11 is 0. The van der Waals surface area contributed by atoms with E-state index in [1.807, 2.05) is 59.7 Å². The summed E-state index contributed by atoms with van der Waals surface area (Å²) in [5.74, 6) is -0.381. The second-order valence-corrected chi connectivity index (χ2v) is 6.45. The third-order valence-corrected chi connectivity index (χ3v) is 4.64. The van der Waals surface area contributed by atoms with Crippen LogP contribution in [0.3, 0.4) is 0 Å². The van der Waals surface area contributed by atoms with Crippen molar-refractivity contribution in [3.63, 3.8) is 0 Å². The molecule has 1 amide bonds. The Hall–Kier alpha value is -3.34. The maximum atomic E-state index is 13.3. The number of benzene rings is 2. The predicted molar refractivity (Wildman–Crippen MR) is 104 cm³/mol. The Labute approximate surface area is 157 Å². The minimum absolute atomic E-state index is 0.0968. The molecule has 0 aliphatic carbocycles. The van der Waals surface area contributed by atoms with E-state index in [9.17, 15) is 9.18 Å². The molecule has 2 aliphatic heterocycles. The van der Waals surface area contributed by atoms with Crippen LogP contribution in [0.1, 0.15) is 11.1 Å². The lowest BCUT2D eigenvalue weighted by atomic mass is 10.1. The van der Waals surface area contributed by atoms with Gasteiger partial charge in [-0.25, -0.2) is 4.39 Å². The van der Waals surface area contributed by atoms with Crippen LogP contribution in [-0.2, 0) is 11.2 Å². The molecule has 0 fully saturated rings. The molecule has 0 spiro atoms. The number of fused-ring (bicyclic) bond motifs is 1. The number of amides is 1. The van der Waals surface area contributed by atoms with Crippen LogP contribution in [0.4, 0.5) is 4.39 Å². The van der Waals surface area contributed by atoms with Crippen molar-refractivity contribution in [1.82, 2.24) is 15.5 Å². The smallest absolute Gasteiger partial charge is 0.263 e. The van der Waals surface area contributed by atoms with E-state index in [-0.39, 0.29) is 11.7 Å². The highest BCUT2D eigenvalue weighted by atomic mass is 19.1. The van der Waals surface area contributed by atoms with Crippen molar-refractivity contribution in [2.24, 2.45) is 0 Å². The number of rotatable bonds is 5. The van der Waals surface area contributed by atoms with Crippen molar-refractivity contribution in [2.45, 2.75) is 12.6 Å². The lowest BCUT2D eigenvalue weighted by Crippen LogP contribution is -2.48. The van der Waals surface area contributed by atoms with Gasteiger partial charge in [0.05, 0.1) is 11.4 Å². The second kappa shape index (κ2) is 7.50. The lowest BCUT2D eigenvalue weighted by Gasteiger charge is -2.24. The number of halogens is 1. The first-order valence-electron chi connectivity index (χ1n) is 8.94. The standard InChI is InChI=1S/C22H20FN3O/c23-18-11-9-17(10-12-18)20-19-8-4-5-15-26(19)21(25-20)22(27)24-14-13-16-6-2-1-3-7-16/h1-12,15,21,25H,13-14H2,(H,24,27). The first-order chi connectivity index (χ1) is 13.2. The summed E-state index contributed by atoms with van der Waals surface area (Å²) in [5.41, 5.74) is 3.74. The van der Waals surface area contributed by atoms with Gasteiger partial charge in [0.1, 0.15) is 5.82 Å². The largest absolute Gasteiger partial charge is 0.355 e. The molecule has 27 heavy (non-hydrogen) atoms. The predicted octanol–water partition coefficient (Wildman–Crippen LogP) is 3.17. The van der Waals surface area contributed by atoms with Gasteiger partial charge >= 0.3 is 0 Å². The van der Waals surface area contributed by atoms with Crippen LogP contribution in [0.5, 0.6) is 0 Å². The van der Waals surface area contributed by atoms with E-state index >= 15 is 0 Å². The van der Waals surface area contributed by atoms with E-state index in [4.69, 9.17) is 0 Å². The molecule has 0 bridgehead atoms. The lowest BCUT2D eigenvalue weighted by molar-refractivity contribution is -0.125. The zero-order valence-electron chi connectivity index (χ0n) is 14.7. The molecule has 0 saturated carbocycles. The number of hydrogen-bond donors (Lipinski definition) is 2. The van der Waals surface area contributed by atoms with Crippen molar-refractivity contribution in [2.75, 3.05) is 6.54 Å². The summed E-state index contributed by atoms with van der Waals surface area (Å²) in [6.07, 6.45) is 7.89. The molecular weight excluding hydrogens is 341 g/mol. The van der Waals surface area contributed by atoms with Gasteiger partial charge in [-0.05, 0) is 54.0 Å². The highest BCUT2D eigenvalue weighted by molar-refractivity contribution is 5.87. The molecule has 0 aromatic heterocycles.